The van der Waals surface area contributed by atoms with E-state index in [0.717, 1.165) is 22.6 Å². The summed E-state index contributed by atoms with van der Waals surface area (Å²) in [5.41, 5.74) is 7.28. The number of carbonyl (C=O) groups excluding carboxylic acids is 1. The van der Waals surface area contributed by atoms with Crippen molar-refractivity contribution in [1.29, 1.82) is 0 Å². The van der Waals surface area contributed by atoms with E-state index in [1.807, 2.05) is 36.4 Å². The smallest absolute Gasteiger partial charge is 0.287 e. The molecule has 0 spiro atoms. The quantitative estimate of drug-likeness (QED) is 0.802. The monoisotopic (exact) mass is 290 g/mol. The Labute approximate surface area is 122 Å². The van der Waals surface area contributed by atoms with Gasteiger partial charge in [0.25, 0.3) is 5.91 Å². The molecule has 2 aromatic rings. The molecule has 1 aromatic heterocycles. The molecule has 0 saturated carbocycles. The molecule has 1 aromatic carbocycles. The highest BCUT2D eigenvalue weighted by atomic mass is 32.2. The summed E-state index contributed by atoms with van der Waals surface area (Å²) in [7, 11) is 1.60. The number of thioether (sulfide) groups is 1. The number of amides is 1. The van der Waals surface area contributed by atoms with Crippen molar-refractivity contribution >= 4 is 17.7 Å². The molecule has 20 heavy (non-hydrogen) atoms. The molecule has 0 radical (unpaired) electrons. The summed E-state index contributed by atoms with van der Waals surface area (Å²) >= 11 is 1.69. The van der Waals surface area contributed by atoms with Gasteiger partial charge in [-0.05, 0) is 11.6 Å². The molecule has 3 N–H and O–H groups in total. The lowest BCUT2D eigenvalue weighted by atomic mass is 10.1. The first kappa shape index (κ1) is 14.7. The molecule has 0 aliphatic heterocycles. The van der Waals surface area contributed by atoms with Crippen molar-refractivity contribution in [2.45, 2.75) is 5.75 Å². The van der Waals surface area contributed by atoms with Gasteiger partial charge in [-0.3, -0.25) is 4.79 Å². The maximum Gasteiger partial charge on any atom is 0.287 e. The van der Waals surface area contributed by atoms with E-state index in [1.165, 1.54) is 0 Å². The molecule has 1 amide bonds. The van der Waals surface area contributed by atoms with Crippen LogP contribution >= 0.6 is 11.8 Å². The zero-order chi connectivity index (χ0) is 14.4. The van der Waals surface area contributed by atoms with Gasteiger partial charge in [0, 0.05) is 24.9 Å². The van der Waals surface area contributed by atoms with E-state index in [1.54, 1.807) is 18.8 Å². The van der Waals surface area contributed by atoms with Crippen molar-refractivity contribution in [3.05, 3.63) is 47.9 Å². The predicted octanol–water partition coefficient (Wildman–Crippen LogP) is 2.50. The minimum atomic E-state index is -0.209. The molecule has 1 heterocycles. The summed E-state index contributed by atoms with van der Waals surface area (Å²) in [6, 6.07) is 11.7. The van der Waals surface area contributed by atoms with Crippen molar-refractivity contribution in [2.24, 2.45) is 5.73 Å². The van der Waals surface area contributed by atoms with Crippen molar-refractivity contribution in [3.63, 3.8) is 0 Å². The first-order chi connectivity index (χ1) is 9.76. The van der Waals surface area contributed by atoms with Gasteiger partial charge in [0.05, 0.1) is 5.75 Å². The topological polar surface area (TPSA) is 68.3 Å². The molecule has 0 saturated heterocycles. The van der Waals surface area contributed by atoms with Gasteiger partial charge >= 0.3 is 0 Å². The van der Waals surface area contributed by atoms with E-state index in [4.69, 9.17) is 10.2 Å². The SMILES string of the molecule is CNC(=O)c1oc(CSCCN)cc1-c1ccccc1. The first-order valence-corrected chi connectivity index (χ1v) is 7.59. The summed E-state index contributed by atoms with van der Waals surface area (Å²) in [6.07, 6.45) is 0. The molecule has 106 valence electrons. The van der Waals surface area contributed by atoms with Crippen molar-refractivity contribution in [2.75, 3.05) is 19.3 Å². The Morgan fingerprint density at radius 3 is 2.75 bits per heavy atom. The Morgan fingerprint density at radius 2 is 2.10 bits per heavy atom. The van der Waals surface area contributed by atoms with Crippen LogP contribution in [0.4, 0.5) is 0 Å². The van der Waals surface area contributed by atoms with Crippen molar-refractivity contribution < 1.29 is 9.21 Å². The second-order valence-electron chi connectivity index (χ2n) is 4.24. The van der Waals surface area contributed by atoms with E-state index in [-0.39, 0.29) is 5.91 Å². The van der Waals surface area contributed by atoms with Crippen LogP contribution in [0.15, 0.2) is 40.8 Å². The lowest BCUT2D eigenvalue weighted by molar-refractivity contribution is 0.0935. The second kappa shape index (κ2) is 7.17. The van der Waals surface area contributed by atoms with Crippen molar-refractivity contribution in [3.8, 4) is 11.1 Å². The molecule has 0 aliphatic carbocycles. The third kappa shape index (κ3) is 3.43. The normalized spacial score (nSPS) is 10.5. The average Bonchev–Trinajstić information content (AvgIpc) is 2.92. The number of rotatable bonds is 6. The van der Waals surface area contributed by atoms with Crippen LogP contribution in [-0.4, -0.2) is 25.3 Å². The highest BCUT2D eigenvalue weighted by Crippen LogP contribution is 2.29. The largest absolute Gasteiger partial charge is 0.454 e. The summed E-state index contributed by atoms with van der Waals surface area (Å²) in [4.78, 5) is 11.9. The number of nitrogens with two attached hydrogens (primary N) is 1. The zero-order valence-corrected chi connectivity index (χ0v) is 12.2. The molecule has 0 fully saturated rings. The standard InChI is InChI=1S/C15H18N2O2S/c1-17-15(18)14-13(11-5-3-2-4-6-11)9-12(19-14)10-20-8-7-16/h2-6,9H,7-8,10,16H2,1H3,(H,17,18). The Bertz CT molecular complexity index is 567. The Balaban J connectivity index is 2.31. The number of furan rings is 1. The van der Waals surface area contributed by atoms with Crippen LogP contribution in [0.5, 0.6) is 0 Å². The molecule has 0 bridgehead atoms. The average molecular weight is 290 g/mol. The molecule has 0 unspecified atom stereocenters. The maximum atomic E-state index is 11.9. The van der Waals surface area contributed by atoms with E-state index in [2.05, 4.69) is 5.32 Å². The van der Waals surface area contributed by atoms with Gasteiger partial charge in [0.15, 0.2) is 5.76 Å². The Hall–Kier alpha value is -1.72. The van der Waals surface area contributed by atoms with E-state index < -0.39 is 0 Å². The van der Waals surface area contributed by atoms with E-state index in [0.29, 0.717) is 18.1 Å². The molecule has 0 aliphatic rings. The van der Waals surface area contributed by atoms with Crippen molar-refractivity contribution in [1.82, 2.24) is 5.32 Å². The summed E-state index contributed by atoms with van der Waals surface area (Å²) in [5.74, 6) is 2.53. The van der Waals surface area contributed by atoms with Gasteiger partial charge in [-0.15, -0.1) is 0 Å². The fourth-order valence-electron chi connectivity index (χ4n) is 1.88. The van der Waals surface area contributed by atoms with Gasteiger partial charge in [-0.25, -0.2) is 0 Å². The van der Waals surface area contributed by atoms with Gasteiger partial charge < -0.3 is 15.5 Å². The number of carbonyl (C=O) groups is 1. The Kier molecular flexibility index (Phi) is 5.26. The lowest BCUT2D eigenvalue weighted by Gasteiger charge is -2.00. The molecular formula is C15H18N2O2S. The summed E-state index contributed by atoms with van der Waals surface area (Å²) < 4.78 is 5.69. The van der Waals surface area contributed by atoms with Gasteiger partial charge in [0.2, 0.25) is 0 Å². The van der Waals surface area contributed by atoms with Crippen LogP contribution in [0.3, 0.4) is 0 Å². The van der Waals surface area contributed by atoms with Gasteiger partial charge in [-0.2, -0.15) is 11.8 Å². The molecule has 5 heteroatoms. The number of nitrogens with one attached hydrogen (secondary N) is 1. The molecule has 2 rings (SSSR count). The third-order valence-electron chi connectivity index (χ3n) is 2.81. The second-order valence-corrected chi connectivity index (χ2v) is 5.35. The minimum absolute atomic E-state index is 0.209. The van der Waals surface area contributed by atoms with Crippen LogP contribution in [0.2, 0.25) is 0 Å². The fraction of sp³-hybridized carbons (Fsp3) is 0.267. The minimum Gasteiger partial charge on any atom is -0.454 e. The van der Waals surface area contributed by atoms with Gasteiger partial charge in [0.1, 0.15) is 5.76 Å². The van der Waals surface area contributed by atoms with E-state index >= 15 is 0 Å². The molecule has 4 nitrogen and oxygen atoms in total. The van der Waals surface area contributed by atoms with Gasteiger partial charge in [-0.1, -0.05) is 30.3 Å². The number of benzene rings is 1. The highest BCUT2D eigenvalue weighted by molar-refractivity contribution is 7.98. The van der Waals surface area contributed by atoms with Crippen LogP contribution in [-0.2, 0) is 5.75 Å². The highest BCUT2D eigenvalue weighted by Gasteiger charge is 2.18. The third-order valence-corrected chi connectivity index (χ3v) is 3.82. The predicted molar refractivity (Wildman–Crippen MR) is 82.8 cm³/mol. The summed E-state index contributed by atoms with van der Waals surface area (Å²) in [5, 5.41) is 2.61. The zero-order valence-electron chi connectivity index (χ0n) is 11.4. The number of hydrogen-bond acceptors (Lipinski definition) is 4. The number of hydrogen-bond donors (Lipinski definition) is 2. The Morgan fingerprint density at radius 1 is 1.35 bits per heavy atom. The fourth-order valence-corrected chi connectivity index (χ4v) is 2.54. The van der Waals surface area contributed by atoms with Crippen LogP contribution < -0.4 is 11.1 Å². The van der Waals surface area contributed by atoms with Crippen LogP contribution in [0.1, 0.15) is 16.3 Å². The van der Waals surface area contributed by atoms with Crippen LogP contribution in [0.25, 0.3) is 11.1 Å². The first-order valence-electron chi connectivity index (χ1n) is 6.44. The molecule has 0 atom stereocenters. The molecular weight excluding hydrogens is 272 g/mol. The maximum absolute atomic E-state index is 11.9. The van der Waals surface area contributed by atoms with Crippen LogP contribution in [0, 0.1) is 0 Å². The lowest BCUT2D eigenvalue weighted by Crippen LogP contribution is -2.17. The van der Waals surface area contributed by atoms with E-state index in [9.17, 15) is 4.79 Å². The summed E-state index contributed by atoms with van der Waals surface area (Å²) in [6.45, 7) is 0.638.